The molecule has 80 heavy (non-hydrogen) atoms. The lowest BCUT2D eigenvalue weighted by Crippen LogP contribution is -2.61. The van der Waals surface area contributed by atoms with Gasteiger partial charge in [0.25, 0.3) is 0 Å². The van der Waals surface area contributed by atoms with Crippen LogP contribution in [0, 0.1) is 5.92 Å². The average molecular weight is 1120 g/mol. The predicted molar refractivity (Wildman–Crippen MR) is 301 cm³/mol. The van der Waals surface area contributed by atoms with E-state index >= 15 is 0 Å². The SMILES string of the molecule is BNCC[C@@H]1NC(=O)[C@@H](NC(=O)Cc2ccc(CC)cc2)CCNC(=O)[C@H]([C@@H](C)O)NC(=O)[C@H](CCNC(=O)OC(C)(C)C)NC(=O)[C@H](CCNC(=O)OC(C)(C)C)NC(=O)[C@H](CC(C)C)NC(=O)[C@@H](Cc2ccccc2)NC1=O. The third kappa shape index (κ3) is 25.2. The van der Waals surface area contributed by atoms with Crippen LogP contribution in [-0.2, 0) is 67.1 Å². The summed E-state index contributed by atoms with van der Waals surface area (Å²) in [5.41, 5.74) is 0.557. The van der Waals surface area contributed by atoms with Gasteiger partial charge in [0, 0.05) is 26.1 Å². The average Bonchev–Trinajstić information content (AvgIpc) is 3.36. The third-order valence-corrected chi connectivity index (χ3v) is 12.3. The molecule has 24 nitrogen and oxygen atoms in total. The Labute approximate surface area is 470 Å². The minimum atomic E-state index is -1.68. The highest BCUT2D eigenvalue weighted by atomic mass is 16.6. The summed E-state index contributed by atoms with van der Waals surface area (Å²) in [4.78, 5) is 140. The molecule has 0 aliphatic carbocycles. The summed E-state index contributed by atoms with van der Waals surface area (Å²) in [5.74, 6) is -6.91. The topological polar surface area (TPSA) is 342 Å². The molecule has 1 aliphatic heterocycles. The zero-order valence-electron chi connectivity index (χ0n) is 48.2. The largest absolute Gasteiger partial charge is 0.444 e. The molecule has 25 heteroatoms. The van der Waals surface area contributed by atoms with E-state index < -0.39 is 119 Å². The number of aliphatic hydroxyl groups excluding tert-OH is 1. The van der Waals surface area contributed by atoms with Gasteiger partial charge in [-0.1, -0.05) is 75.4 Å². The molecule has 10 amide bonds. The smallest absolute Gasteiger partial charge is 0.407 e. The Morgan fingerprint density at radius 1 is 0.600 bits per heavy atom. The van der Waals surface area contributed by atoms with Gasteiger partial charge in [0.1, 0.15) is 53.5 Å². The molecule has 0 saturated carbocycles. The number of ether oxygens (including phenoxy) is 2. The number of alkyl carbamates (subject to hydrolysis) is 2. The Kier molecular flexibility index (Phi) is 27.4. The van der Waals surface area contributed by atoms with Gasteiger partial charge in [-0.05, 0) is 116 Å². The zero-order valence-corrected chi connectivity index (χ0v) is 48.2. The maximum absolute atomic E-state index is 14.6. The molecule has 1 saturated heterocycles. The Morgan fingerprint density at radius 3 is 1.54 bits per heavy atom. The summed E-state index contributed by atoms with van der Waals surface area (Å²) in [6, 6.07) is 5.95. The second-order valence-corrected chi connectivity index (χ2v) is 22.2. The molecule has 0 bridgehead atoms. The Balaban J connectivity index is 2.19. The van der Waals surface area contributed by atoms with Crippen LogP contribution in [0.15, 0.2) is 54.6 Å². The van der Waals surface area contributed by atoms with E-state index in [9.17, 15) is 53.1 Å². The Morgan fingerprint density at radius 2 is 1.05 bits per heavy atom. The number of amides is 10. The first-order valence-corrected chi connectivity index (χ1v) is 27.3. The highest BCUT2D eigenvalue weighted by molar-refractivity contribution is 6.04. The molecule has 3 rings (SSSR count). The summed E-state index contributed by atoms with van der Waals surface area (Å²) in [6.07, 6.45) is -3.48. The van der Waals surface area contributed by atoms with Gasteiger partial charge in [0.15, 0.2) is 7.98 Å². The fraction of sp³-hybridized carbons (Fsp3) is 0.600. The van der Waals surface area contributed by atoms with Crippen LogP contribution in [0.4, 0.5) is 9.59 Å². The van der Waals surface area contributed by atoms with Crippen molar-refractivity contribution in [2.45, 2.75) is 180 Å². The van der Waals surface area contributed by atoms with Crippen molar-refractivity contribution in [1.82, 2.24) is 58.4 Å². The molecular weight excluding hydrogens is 1030 g/mol. The van der Waals surface area contributed by atoms with Crippen LogP contribution in [-0.4, -0.2) is 158 Å². The molecule has 12 N–H and O–H groups in total. The molecule has 0 aromatic heterocycles. The molecule has 442 valence electrons. The molecule has 2 aromatic rings. The van der Waals surface area contributed by atoms with E-state index in [0.29, 0.717) is 11.1 Å². The first-order valence-electron chi connectivity index (χ1n) is 27.3. The Bertz CT molecular complexity index is 2400. The van der Waals surface area contributed by atoms with Crippen molar-refractivity contribution in [3.8, 4) is 0 Å². The standard InChI is InChI=1S/C55H86BN11O13/c1-11-34-17-19-36(20-18-34)31-43(69)61-37-21-25-57-51(76)44(33(4)68)67-48(73)39(23-27-59-53(78)80-55(8,9)10)62-46(71)38(22-26-58-52(77)79-54(5,6)7)64-49(74)41(29-32(2)3)65-50(75)42(30-35-15-13-12-14-16-35)66-47(72)40(24-28-60-56)63-45(37)70/h12-20,32-33,37-42,44,60,68H,11,21-31,56H2,1-10H3,(H,57,76)(H,58,77)(H,59,78)(H,61,69)(H,62,71)(H,63,70)(H,64,74)(H,65,75)(H,66,72)(H,67,73)/t33-,37+,38+,39+,40+,41+,42-,44+/m1/s1. The van der Waals surface area contributed by atoms with Gasteiger partial charge < -0.3 is 73.0 Å². The second kappa shape index (κ2) is 32.7. The fourth-order valence-corrected chi connectivity index (χ4v) is 8.19. The first-order chi connectivity index (χ1) is 37.6. The summed E-state index contributed by atoms with van der Waals surface area (Å²) >= 11 is 0. The number of nitrogens with one attached hydrogen (secondary N) is 11. The summed E-state index contributed by atoms with van der Waals surface area (Å²) < 4.78 is 10.7. The number of rotatable bonds is 18. The molecule has 0 spiro atoms. The lowest BCUT2D eigenvalue weighted by Gasteiger charge is -2.29. The monoisotopic (exact) mass is 1120 g/mol. The van der Waals surface area contributed by atoms with Crippen molar-refractivity contribution in [2.75, 3.05) is 26.2 Å². The van der Waals surface area contributed by atoms with Crippen molar-refractivity contribution >= 4 is 67.4 Å². The molecular formula is C55H86BN11O13. The molecule has 1 heterocycles. The molecule has 1 fully saturated rings. The van der Waals surface area contributed by atoms with Gasteiger partial charge in [-0.3, -0.25) is 38.4 Å². The van der Waals surface area contributed by atoms with Gasteiger partial charge in [0.2, 0.25) is 47.3 Å². The summed E-state index contributed by atoms with van der Waals surface area (Å²) in [5, 5.41) is 40.3. The molecule has 1 aliphatic rings. The first kappa shape index (κ1) is 67.0. The molecule has 0 unspecified atom stereocenters. The number of hydrogen-bond donors (Lipinski definition) is 12. The highest BCUT2D eigenvalue weighted by Gasteiger charge is 2.36. The maximum Gasteiger partial charge on any atom is 0.407 e. The van der Waals surface area contributed by atoms with E-state index in [1.165, 1.54) is 6.92 Å². The lowest BCUT2D eigenvalue weighted by atomic mass is 10.00. The van der Waals surface area contributed by atoms with E-state index in [0.717, 1.165) is 12.0 Å². The number of aryl methyl sites for hydroxylation is 1. The molecule has 0 radical (unpaired) electrons. The fourth-order valence-electron chi connectivity index (χ4n) is 8.19. The molecule has 2 aromatic carbocycles. The van der Waals surface area contributed by atoms with Crippen molar-refractivity contribution in [3.63, 3.8) is 0 Å². The zero-order chi connectivity index (χ0) is 59.7. The van der Waals surface area contributed by atoms with Gasteiger partial charge in [0.05, 0.1) is 12.5 Å². The van der Waals surface area contributed by atoms with E-state index in [1.54, 1.807) is 106 Å². The summed E-state index contributed by atoms with van der Waals surface area (Å²) in [7, 11) is 1.64. The van der Waals surface area contributed by atoms with Crippen LogP contribution in [0.3, 0.4) is 0 Å². The normalized spacial score (nSPS) is 21.9. The van der Waals surface area contributed by atoms with Gasteiger partial charge >= 0.3 is 12.2 Å². The molecule has 8 atom stereocenters. The number of aliphatic hydroxyl groups is 1. The van der Waals surface area contributed by atoms with E-state index in [4.69, 9.17) is 9.47 Å². The minimum absolute atomic E-state index is 0.00731. The lowest BCUT2D eigenvalue weighted by molar-refractivity contribution is -0.136. The van der Waals surface area contributed by atoms with Gasteiger partial charge in [-0.15, -0.1) is 0 Å². The Hall–Kier alpha value is -7.28. The van der Waals surface area contributed by atoms with E-state index in [2.05, 4.69) is 58.4 Å². The van der Waals surface area contributed by atoms with E-state index in [1.807, 2.05) is 19.1 Å². The van der Waals surface area contributed by atoms with Gasteiger partial charge in [-0.2, -0.15) is 0 Å². The quantitative estimate of drug-likeness (QED) is 0.0856. The van der Waals surface area contributed by atoms with Crippen LogP contribution < -0.4 is 58.4 Å². The third-order valence-electron chi connectivity index (χ3n) is 12.3. The van der Waals surface area contributed by atoms with Crippen molar-refractivity contribution in [1.29, 1.82) is 0 Å². The number of hydrogen-bond acceptors (Lipinski definition) is 14. The van der Waals surface area contributed by atoms with Crippen LogP contribution in [0.1, 0.15) is 118 Å². The van der Waals surface area contributed by atoms with Gasteiger partial charge in [-0.25, -0.2) is 9.59 Å². The maximum atomic E-state index is 14.6. The second-order valence-electron chi connectivity index (χ2n) is 22.2. The van der Waals surface area contributed by atoms with Crippen LogP contribution in [0.25, 0.3) is 0 Å². The number of carbonyl (C=O) groups excluding carboxylic acids is 10. The summed E-state index contributed by atoms with van der Waals surface area (Å²) in [6.45, 7) is 16.1. The van der Waals surface area contributed by atoms with Crippen LogP contribution in [0.5, 0.6) is 0 Å². The number of benzene rings is 2. The van der Waals surface area contributed by atoms with Crippen molar-refractivity contribution < 1.29 is 62.5 Å². The number of carbonyl (C=O) groups is 10. The van der Waals surface area contributed by atoms with Crippen molar-refractivity contribution in [2.24, 2.45) is 5.92 Å². The van der Waals surface area contributed by atoms with E-state index in [-0.39, 0.29) is 77.0 Å². The van der Waals surface area contributed by atoms with Crippen LogP contribution >= 0.6 is 0 Å². The van der Waals surface area contributed by atoms with Crippen LogP contribution in [0.2, 0.25) is 0 Å². The van der Waals surface area contributed by atoms with Crippen molar-refractivity contribution in [3.05, 3.63) is 71.3 Å². The highest BCUT2D eigenvalue weighted by Crippen LogP contribution is 2.13. The predicted octanol–water partition coefficient (Wildman–Crippen LogP) is -0.268. The minimum Gasteiger partial charge on any atom is -0.444 e.